The monoisotopic (exact) mass is 285 g/mol. The lowest BCUT2D eigenvalue weighted by atomic mass is 10.1. The zero-order valence-electron chi connectivity index (χ0n) is 11.5. The summed E-state index contributed by atoms with van der Waals surface area (Å²) in [5, 5.41) is 20.6. The van der Waals surface area contributed by atoms with Crippen molar-refractivity contribution in [3.63, 3.8) is 0 Å². The summed E-state index contributed by atoms with van der Waals surface area (Å²) in [5.41, 5.74) is 2.74. The molecule has 0 fully saturated rings. The van der Waals surface area contributed by atoms with Crippen molar-refractivity contribution in [2.75, 3.05) is 0 Å². The van der Waals surface area contributed by atoms with Gasteiger partial charge in [0.1, 0.15) is 12.4 Å². The van der Waals surface area contributed by atoms with Gasteiger partial charge in [0.15, 0.2) is 0 Å². The third-order valence-electron chi connectivity index (χ3n) is 3.07. The maximum atomic E-state index is 10.8. The van der Waals surface area contributed by atoms with Crippen LogP contribution in [0, 0.1) is 6.92 Å². The minimum atomic E-state index is -0.956. The summed E-state index contributed by atoms with van der Waals surface area (Å²) >= 11 is 0. The van der Waals surface area contributed by atoms with Gasteiger partial charge in [0.05, 0.1) is 11.8 Å². The van der Waals surface area contributed by atoms with E-state index in [0.29, 0.717) is 17.9 Å². The number of nitrogens with zero attached hydrogens (tertiary/aromatic N) is 1. The SMILES string of the molecule is Cc1cccc(OCc2ccc(C(=O)O)cc2)c1/C=N/O. The second-order valence-corrected chi connectivity index (χ2v) is 4.52. The molecule has 0 aliphatic heterocycles. The highest BCUT2D eigenvalue weighted by atomic mass is 16.5. The van der Waals surface area contributed by atoms with Gasteiger partial charge in [0.25, 0.3) is 0 Å². The zero-order chi connectivity index (χ0) is 15.2. The molecule has 108 valence electrons. The van der Waals surface area contributed by atoms with Gasteiger partial charge in [0.2, 0.25) is 0 Å². The van der Waals surface area contributed by atoms with Crippen molar-refractivity contribution in [2.45, 2.75) is 13.5 Å². The van der Waals surface area contributed by atoms with Crippen molar-refractivity contribution >= 4 is 12.2 Å². The molecule has 0 heterocycles. The van der Waals surface area contributed by atoms with Crippen molar-refractivity contribution in [2.24, 2.45) is 5.16 Å². The number of rotatable bonds is 5. The average molecular weight is 285 g/mol. The molecular weight excluding hydrogens is 270 g/mol. The number of aromatic carboxylic acids is 1. The molecule has 0 aliphatic rings. The summed E-state index contributed by atoms with van der Waals surface area (Å²) in [4.78, 5) is 10.8. The summed E-state index contributed by atoms with van der Waals surface area (Å²) < 4.78 is 5.71. The molecule has 0 aromatic heterocycles. The van der Waals surface area contributed by atoms with E-state index in [1.54, 1.807) is 18.2 Å². The molecule has 0 radical (unpaired) electrons. The van der Waals surface area contributed by atoms with Gasteiger partial charge in [-0.3, -0.25) is 0 Å². The minimum Gasteiger partial charge on any atom is -0.488 e. The van der Waals surface area contributed by atoms with Crippen LogP contribution in [0.25, 0.3) is 0 Å². The van der Waals surface area contributed by atoms with Crippen molar-refractivity contribution in [1.82, 2.24) is 0 Å². The normalized spacial score (nSPS) is 10.7. The summed E-state index contributed by atoms with van der Waals surface area (Å²) in [6, 6.07) is 12.0. The quantitative estimate of drug-likeness (QED) is 0.502. The Bertz CT molecular complexity index is 662. The Balaban J connectivity index is 2.13. The molecule has 5 nitrogen and oxygen atoms in total. The third kappa shape index (κ3) is 3.60. The van der Waals surface area contributed by atoms with Gasteiger partial charge >= 0.3 is 5.97 Å². The number of hydrogen-bond donors (Lipinski definition) is 2. The minimum absolute atomic E-state index is 0.238. The van der Waals surface area contributed by atoms with Crippen molar-refractivity contribution in [3.8, 4) is 5.75 Å². The van der Waals surface area contributed by atoms with Crippen LogP contribution in [-0.4, -0.2) is 22.5 Å². The van der Waals surface area contributed by atoms with Gasteiger partial charge in [-0.15, -0.1) is 0 Å². The number of carboxylic acids is 1. The lowest BCUT2D eigenvalue weighted by molar-refractivity contribution is 0.0697. The van der Waals surface area contributed by atoms with E-state index in [9.17, 15) is 4.79 Å². The molecule has 0 atom stereocenters. The molecule has 0 saturated heterocycles. The average Bonchev–Trinajstić information content (AvgIpc) is 2.48. The van der Waals surface area contributed by atoms with Gasteiger partial charge in [-0.1, -0.05) is 29.4 Å². The molecule has 0 spiro atoms. The van der Waals surface area contributed by atoms with E-state index in [1.165, 1.54) is 18.3 Å². The highest BCUT2D eigenvalue weighted by molar-refractivity contribution is 5.87. The van der Waals surface area contributed by atoms with Gasteiger partial charge in [-0.05, 0) is 36.2 Å². The summed E-state index contributed by atoms with van der Waals surface area (Å²) in [6.45, 7) is 2.20. The molecule has 2 N–H and O–H groups in total. The molecule has 0 unspecified atom stereocenters. The number of ether oxygens (including phenoxy) is 1. The van der Waals surface area contributed by atoms with Gasteiger partial charge in [-0.2, -0.15) is 0 Å². The van der Waals surface area contributed by atoms with Crippen molar-refractivity contribution < 1.29 is 19.8 Å². The van der Waals surface area contributed by atoms with Gasteiger partial charge < -0.3 is 15.1 Å². The predicted molar refractivity (Wildman–Crippen MR) is 78.3 cm³/mol. The largest absolute Gasteiger partial charge is 0.488 e. The lowest BCUT2D eigenvalue weighted by Gasteiger charge is -2.11. The molecule has 0 bridgehead atoms. The van der Waals surface area contributed by atoms with Crippen LogP contribution in [0.3, 0.4) is 0 Å². The Labute approximate surface area is 122 Å². The summed E-state index contributed by atoms with van der Waals surface area (Å²) in [5.74, 6) is -0.349. The Morgan fingerprint density at radius 3 is 2.57 bits per heavy atom. The molecular formula is C16H15NO4. The lowest BCUT2D eigenvalue weighted by Crippen LogP contribution is -2.01. The Morgan fingerprint density at radius 1 is 1.24 bits per heavy atom. The summed E-state index contributed by atoms with van der Waals surface area (Å²) in [6.07, 6.45) is 1.33. The van der Waals surface area contributed by atoms with Crippen LogP contribution in [-0.2, 0) is 6.61 Å². The Kier molecular flexibility index (Phi) is 4.56. The maximum absolute atomic E-state index is 10.8. The molecule has 2 aromatic rings. The van der Waals surface area contributed by atoms with Crippen LogP contribution in [0.15, 0.2) is 47.6 Å². The number of hydrogen-bond acceptors (Lipinski definition) is 4. The number of carbonyl (C=O) groups is 1. The summed E-state index contributed by atoms with van der Waals surface area (Å²) in [7, 11) is 0. The van der Waals surface area contributed by atoms with E-state index in [2.05, 4.69) is 5.16 Å². The second kappa shape index (κ2) is 6.56. The molecule has 5 heteroatoms. The van der Waals surface area contributed by atoms with E-state index in [-0.39, 0.29) is 5.56 Å². The first kappa shape index (κ1) is 14.6. The van der Waals surface area contributed by atoms with E-state index >= 15 is 0 Å². The first-order chi connectivity index (χ1) is 10.1. The van der Waals surface area contributed by atoms with Gasteiger partial charge in [0, 0.05) is 5.56 Å². The van der Waals surface area contributed by atoms with Crippen LogP contribution in [0.1, 0.15) is 27.0 Å². The number of oxime groups is 1. The smallest absolute Gasteiger partial charge is 0.335 e. The first-order valence-corrected chi connectivity index (χ1v) is 6.34. The first-order valence-electron chi connectivity index (χ1n) is 6.34. The predicted octanol–water partition coefficient (Wildman–Crippen LogP) is 3.08. The van der Waals surface area contributed by atoms with Crippen molar-refractivity contribution in [3.05, 3.63) is 64.7 Å². The van der Waals surface area contributed by atoms with E-state index in [4.69, 9.17) is 15.1 Å². The second-order valence-electron chi connectivity index (χ2n) is 4.52. The fraction of sp³-hybridized carbons (Fsp3) is 0.125. The highest BCUT2D eigenvalue weighted by Crippen LogP contribution is 2.21. The Hall–Kier alpha value is -2.82. The maximum Gasteiger partial charge on any atom is 0.335 e. The van der Waals surface area contributed by atoms with Crippen molar-refractivity contribution in [1.29, 1.82) is 0 Å². The fourth-order valence-electron chi connectivity index (χ4n) is 1.91. The molecule has 0 saturated carbocycles. The molecule has 0 amide bonds. The number of benzene rings is 2. The Morgan fingerprint density at radius 2 is 1.95 bits per heavy atom. The molecule has 21 heavy (non-hydrogen) atoms. The van der Waals surface area contributed by atoms with Crippen LogP contribution in [0.5, 0.6) is 5.75 Å². The third-order valence-corrected chi connectivity index (χ3v) is 3.07. The van der Waals surface area contributed by atoms with E-state index in [0.717, 1.165) is 11.1 Å². The zero-order valence-corrected chi connectivity index (χ0v) is 11.5. The van der Waals surface area contributed by atoms with Crippen LogP contribution < -0.4 is 4.74 Å². The van der Waals surface area contributed by atoms with E-state index < -0.39 is 5.97 Å². The van der Waals surface area contributed by atoms with E-state index in [1.807, 2.05) is 19.1 Å². The highest BCUT2D eigenvalue weighted by Gasteiger charge is 2.06. The topological polar surface area (TPSA) is 79.1 Å². The molecule has 0 aliphatic carbocycles. The van der Waals surface area contributed by atoms with Gasteiger partial charge in [-0.25, -0.2) is 4.79 Å². The van der Waals surface area contributed by atoms with Crippen LogP contribution in [0.2, 0.25) is 0 Å². The fourth-order valence-corrected chi connectivity index (χ4v) is 1.91. The number of aryl methyl sites for hydroxylation is 1. The van der Waals surface area contributed by atoms with Crippen LogP contribution in [0.4, 0.5) is 0 Å². The van der Waals surface area contributed by atoms with Crippen LogP contribution >= 0.6 is 0 Å². The number of carboxylic acid groups (broad SMARTS) is 1. The molecule has 2 aromatic carbocycles. The standard InChI is InChI=1S/C16H15NO4/c1-11-3-2-4-15(14(11)9-17-20)21-10-12-5-7-13(8-6-12)16(18)19/h2-9,20H,10H2,1H3,(H,18,19)/b17-9+. The molecule has 2 rings (SSSR count).